The van der Waals surface area contributed by atoms with Crippen molar-refractivity contribution in [1.82, 2.24) is 4.57 Å². The summed E-state index contributed by atoms with van der Waals surface area (Å²) in [6, 6.07) is 20.5. The van der Waals surface area contributed by atoms with Gasteiger partial charge < -0.3 is 17.1 Å². The summed E-state index contributed by atoms with van der Waals surface area (Å²) in [5, 5.41) is 0. The molecule has 3 nitrogen and oxygen atoms in total. The highest BCUT2D eigenvalue weighted by Crippen LogP contribution is 2.20. The molecule has 1 unspecified atom stereocenters. The highest BCUT2D eigenvalue weighted by molar-refractivity contribution is 5.18. The fraction of sp³-hybridized carbons (Fsp3) is 0.167. The largest absolute Gasteiger partial charge is 1.00 e. The van der Waals surface area contributed by atoms with Gasteiger partial charge in [-0.1, -0.05) is 60.7 Å². The van der Waals surface area contributed by atoms with Crippen molar-refractivity contribution < 1.29 is 21.7 Å². The van der Waals surface area contributed by atoms with E-state index in [9.17, 15) is 0 Å². The molecule has 2 aromatic carbocycles. The van der Waals surface area contributed by atoms with Crippen LogP contribution in [0.3, 0.4) is 0 Å². The number of imidazole rings is 1. The Hall–Kier alpha value is -2.10. The third-order valence-corrected chi connectivity index (χ3v) is 3.40. The Labute approximate surface area is 137 Å². The van der Waals surface area contributed by atoms with Gasteiger partial charge in [0.15, 0.2) is 0 Å². The fourth-order valence-corrected chi connectivity index (χ4v) is 2.33. The molecule has 1 aromatic heterocycles. The van der Waals surface area contributed by atoms with E-state index in [0.717, 1.165) is 5.56 Å². The molecule has 1 heterocycles. The van der Waals surface area contributed by atoms with Crippen molar-refractivity contribution in [2.24, 2.45) is 7.05 Å². The third kappa shape index (κ3) is 3.97. The molecular formula is C18H19ClN2O. The zero-order valence-electron chi connectivity index (χ0n) is 12.5. The van der Waals surface area contributed by atoms with Gasteiger partial charge in [0.1, 0.15) is 12.4 Å². The Morgan fingerprint density at radius 1 is 1.00 bits per heavy atom. The van der Waals surface area contributed by atoms with Crippen molar-refractivity contribution in [1.29, 1.82) is 0 Å². The average molecular weight is 315 g/mol. The molecule has 114 valence electrons. The standard InChI is InChI=1S/C18H19N2O.ClH/c1-19-12-13-20(15-19)18(17-10-6-3-7-11-17)21-14-16-8-4-2-5-9-16;/h2-13,15,18H,14H2,1H3;1H/q+1;/p-1. The Morgan fingerprint density at radius 3 is 2.23 bits per heavy atom. The molecular weight excluding hydrogens is 296 g/mol. The van der Waals surface area contributed by atoms with E-state index in [2.05, 4.69) is 28.8 Å². The number of rotatable bonds is 5. The fourth-order valence-electron chi connectivity index (χ4n) is 2.33. The minimum atomic E-state index is -0.118. The topological polar surface area (TPSA) is 18.0 Å². The van der Waals surface area contributed by atoms with Crippen molar-refractivity contribution in [3.63, 3.8) is 0 Å². The minimum Gasteiger partial charge on any atom is -1.00 e. The quantitative estimate of drug-likeness (QED) is 0.610. The van der Waals surface area contributed by atoms with E-state index < -0.39 is 0 Å². The second-order valence-electron chi connectivity index (χ2n) is 5.09. The predicted molar refractivity (Wildman–Crippen MR) is 81.4 cm³/mol. The number of aryl methyl sites for hydroxylation is 1. The molecule has 1 atom stereocenters. The van der Waals surface area contributed by atoms with Crippen LogP contribution in [0.15, 0.2) is 79.4 Å². The second-order valence-corrected chi connectivity index (χ2v) is 5.09. The van der Waals surface area contributed by atoms with Crippen molar-refractivity contribution >= 4 is 0 Å². The summed E-state index contributed by atoms with van der Waals surface area (Å²) < 4.78 is 10.3. The highest BCUT2D eigenvalue weighted by atomic mass is 35.5. The Balaban J connectivity index is 0.00000176. The van der Waals surface area contributed by atoms with Crippen LogP contribution in [0.2, 0.25) is 0 Å². The van der Waals surface area contributed by atoms with Crippen molar-refractivity contribution in [3.05, 3.63) is 90.5 Å². The SMILES string of the molecule is C[n+]1ccn(C(OCc2ccccc2)c2ccccc2)c1.[Cl-]. The Kier molecular flexibility index (Phi) is 5.75. The summed E-state index contributed by atoms with van der Waals surface area (Å²) >= 11 is 0. The number of nitrogens with zero attached hydrogens (tertiary/aromatic N) is 2. The monoisotopic (exact) mass is 314 g/mol. The predicted octanol–water partition coefficient (Wildman–Crippen LogP) is 0.0803. The van der Waals surface area contributed by atoms with Crippen LogP contribution in [-0.2, 0) is 18.4 Å². The summed E-state index contributed by atoms with van der Waals surface area (Å²) in [7, 11) is 2.01. The molecule has 0 aliphatic carbocycles. The van der Waals surface area contributed by atoms with Crippen LogP contribution < -0.4 is 17.0 Å². The molecule has 3 rings (SSSR count). The lowest BCUT2D eigenvalue weighted by Crippen LogP contribution is -3.00. The van der Waals surface area contributed by atoms with E-state index in [4.69, 9.17) is 4.74 Å². The van der Waals surface area contributed by atoms with Gasteiger partial charge in [-0.15, -0.1) is 0 Å². The van der Waals surface area contributed by atoms with Crippen LogP contribution in [0.25, 0.3) is 0 Å². The molecule has 0 saturated carbocycles. The van der Waals surface area contributed by atoms with Crippen LogP contribution >= 0.6 is 0 Å². The van der Waals surface area contributed by atoms with Crippen LogP contribution in [0.4, 0.5) is 0 Å². The first-order valence-electron chi connectivity index (χ1n) is 7.06. The van der Waals surface area contributed by atoms with E-state index in [-0.39, 0.29) is 18.6 Å². The lowest BCUT2D eigenvalue weighted by atomic mass is 10.2. The van der Waals surface area contributed by atoms with Gasteiger partial charge in [0.2, 0.25) is 12.6 Å². The average Bonchev–Trinajstić information content (AvgIpc) is 2.96. The summed E-state index contributed by atoms with van der Waals surface area (Å²) in [4.78, 5) is 0. The minimum absolute atomic E-state index is 0. The van der Waals surface area contributed by atoms with E-state index >= 15 is 0 Å². The maximum Gasteiger partial charge on any atom is 0.245 e. The smallest absolute Gasteiger partial charge is 0.245 e. The maximum atomic E-state index is 6.16. The molecule has 3 aromatic rings. The third-order valence-electron chi connectivity index (χ3n) is 3.40. The van der Waals surface area contributed by atoms with Crippen molar-refractivity contribution in [2.75, 3.05) is 0 Å². The first kappa shape index (κ1) is 16.3. The first-order valence-corrected chi connectivity index (χ1v) is 7.06. The van der Waals surface area contributed by atoms with Crippen molar-refractivity contribution in [2.45, 2.75) is 12.8 Å². The van der Waals surface area contributed by atoms with Crippen LogP contribution in [-0.4, -0.2) is 4.57 Å². The summed E-state index contributed by atoms with van der Waals surface area (Å²) in [6.07, 6.45) is 5.96. The molecule has 0 N–H and O–H groups in total. The molecule has 0 spiro atoms. The van der Waals surface area contributed by atoms with Crippen LogP contribution in [0.5, 0.6) is 0 Å². The zero-order valence-corrected chi connectivity index (χ0v) is 13.2. The van der Waals surface area contributed by atoms with Gasteiger partial charge in [-0.05, 0) is 5.56 Å². The molecule has 0 radical (unpaired) electrons. The zero-order chi connectivity index (χ0) is 14.5. The van der Waals surface area contributed by atoms with Gasteiger partial charge in [-0.25, -0.2) is 9.13 Å². The van der Waals surface area contributed by atoms with Gasteiger partial charge in [0.25, 0.3) is 0 Å². The lowest BCUT2D eigenvalue weighted by molar-refractivity contribution is -0.671. The highest BCUT2D eigenvalue weighted by Gasteiger charge is 2.19. The van der Waals surface area contributed by atoms with E-state index in [1.165, 1.54) is 5.56 Å². The van der Waals surface area contributed by atoms with Gasteiger partial charge >= 0.3 is 0 Å². The molecule has 22 heavy (non-hydrogen) atoms. The van der Waals surface area contributed by atoms with E-state index in [1.807, 2.05) is 66.7 Å². The Morgan fingerprint density at radius 2 is 1.64 bits per heavy atom. The lowest BCUT2D eigenvalue weighted by Gasteiger charge is -2.15. The molecule has 0 aliphatic rings. The van der Waals surface area contributed by atoms with Gasteiger partial charge in [-0.3, -0.25) is 0 Å². The number of benzene rings is 2. The molecule has 0 amide bonds. The number of hydrogen-bond donors (Lipinski definition) is 0. The van der Waals surface area contributed by atoms with E-state index in [1.54, 1.807) is 0 Å². The number of aromatic nitrogens is 2. The van der Waals surface area contributed by atoms with Gasteiger partial charge in [0.05, 0.1) is 13.7 Å². The second kappa shape index (κ2) is 7.78. The van der Waals surface area contributed by atoms with Crippen LogP contribution in [0, 0.1) is 0 Å². The molecule has 0 aliphatic heterocycles. The summed E-state index contributed by atoms with van der Waals surface area (Å²) in [5.74, 6) is 0. The van der Waals surface area contributed by atoms with Gasteiger partial charge in [0, 0.05) is 5.56 Å². The summed E-state index contributed by atoms with van der Waals surface area (Å²) in [5.41, 5.74) is 2.32. The maximum absolute atomic E-state index is 6.16. The van der Waals surface area contributed by atoms with Crippen LogP contribution in [0.1, 0.15) is 17.4 Å². The number of ether oxygens (including phenoxy) is 1. The molecule has 0 saturated heterocycles. The Bertz CT molecular complexity index is 683. The normalized spacial score (nSPS) is 11.7. The summed E-state index contributed by atoms with van der Waals surface area (Å²) in [6.45, 7) is 0.586. The number of hydrogen-bond acceptors (Lipinski definition) is 1. The van der Waals surface area contributed by atoms with Gasteiger partial charge in [-0.2, -0.15) is 0 Å². The number of halogens is 1. The molecule has 0 fully saturated rings. The molecule has 4 heteroatoms. The van der Waals surface area contributed by atoms with E-state index in [0.29, 0.717) is 6.61 Å². The molecule has 0 bridgehead atoms. The first-order chi connectivity index (χ1) is 10.3. The van der Waals surface area contributed by atoms with Crippen molar-refractivity contribution in [3.8, 4) is 0 Å².